The second kappa shape index (κ2) is 9.78. The minimum atomic E-state index is -3.41. The molecule has 2 heterocycles. The molecule has 156 valence electrons. The van der Waals surface area contributed by atoms with Crippen LogP contribution in [0.15, 0.2) is 24.3 Å². The zero-order valence-corrected chi connectivity index (χ0v) is 16.8. The van der Waals surface area contributed by atoms with E-state index in [0.717, 1.165) is 25.7 Å². The number of carbonyl (C=O) groups is 1. The maximum Gasteiger partial charge on any atom is 0.281 e. The number of piperidine rings is 1. The lowest BCUT2D eigenvalue weighted by molar-refractivity contribution is -0.139. The maximum absolute atomic E-state index is 12.9. The largest absolute Gasteiger partial charge is 0.281 e. The van der Waals surface area contributed by atoms with E-state index in [1.165, 1.54) is 16.4 Å². The molecule has 0 saturated carbocycles. The van der Waals surface area contributed by atoms with Crippen LogP contribution < -0.4 is 5.48 Å². The molecule has 0 bridgehead atoms. The number of nitrogens with one attached hydrogen (secondary N) is 1. The van der Waals surface area contributed by atoms with E-state index in [9.17, 15) is 17.6 Å². The second-order valence-corrected chi connectivity index (χ2v) is 9.29. The molecule has 9 heteroatoms. The highest BCUT2D eigenvalue weighted by Crippen LogP contribution is 2.21. The van der Waals surface area contributed by atoms with Gasteiger partial charge in [0.05, 0.1) is 12.5 Å². The highest BCUT2D eigenvalue weighted by atomic mass is 32.2. The van der Waals surface area contributed by atoms with Gasteiger partial charge in [-0.1, -0.05) is 25.0 Å². The number of carbonyl (C=O) groups excluding carboxylic acids is 1. The molecule has 0 aliphatic carbocycles. The number of hydrogen-bond acceptors (Lipinski definition) is 4. The zero-order valence-electron chi connectivity index (χ0n) is 16.0. The summed E-state index contributed by atoms with van der Waals surface area (Å²) < 4.78 is 41.6. The van der Waals surface area contributed by atoms with Crippen molar-refractivity contribution in [1.29, 1.82) is 0 Å². The van der Waals surface area contributed by atoms with Gasteiger partial charge in [0.15, 0.2) is 0 Å². The molecule has 3 rings (SSSR count). The van der Waals surface area contributed by atoms with Crippen molar-refractivity contribution in [3.63, 3.8) is 0 Å². The molecule has 0 spiro atoms. The summed E-state index contributed by atoms with van der Waals surface area (Å²) in [5.74, 6) is -0.659. The Morgan fingerprint density at radius 2 is 1.57 bits per heavy atom. The molecular weight excluding hydrogens is 385 g/mol. The lowest BCUT2D eigenvalue weighted by atomic mass is 10.1. The van der Waals surface area contributed by atoms with Crippen molar-refractivity contribution in [2.75, 3.05) is 26.2 Å². The van der Waals surface area contributed by atoms with Gasteiger partial charge in [-0.2, -0.15) is 17.0 Å². The molecule has 1 amide bonds. The number of hydroxylamine groups is 1. The zero-order chi connectivity index (χ0) is 20.0. The Kier molecular flexibility index (Phi) is 7.39. The Morgan fingerprint density at radius 3 is 2.18 bits per heavy atom. The van der Waals surface area contributed by atoms with Gasteiger partial charge in [-0.3, -0.25) is 9.63 Å². The van der Waals surface area contributed by atoms with Gasteiger partial charge < -0.3 is 0 Å². The number of benzene rings is 1. The summed E-state index contributed by atoms with van der Waals surface area (Å²) >= 11 is 0. The first-order valence-corrected chi connectivity index (χ1v) is 11.3. The van der Waals surface area contributed by atoms with E-state index in [4.69, 9.17) is 4.84 Å². The average Bonchev–Trinajstić information content (AvgIpc) is 2.99. The number of nitrogens with zero attached hydrogens (tertiary/aromatic N) is 2. The summed E-state index contributed by atoms with van der Waals surface area (Å²) in [6.07, 6.45) is 4.94. The highest BCUT2D eigenvalue weighted by molar-refractivity contribution is 7.86. The van der Waals surface area contributed by atoms with Crippen LogP contribution in [0.1, 0.15) is 44.1 Å². The molecule has 7 nitrogen and oxygen atoms in total. The van der Waals surface area contributed by atoms with Crippen molar-refractivity contribution >= 4 is 16.1 Å². The predicted octanol–water partition coefficient (Wildman–Crippen LogP) is 2.00. The molecule has 2 aliphatic heterocycles. The van der Waals surface area contributed by atoms with Crippen molar-refractivity contribution in [1.82, 2.24) is 14.1 Å². The first-order chi connectivity index (χ1) is 13.4. The third-order valence-electron chi connectivity index (χ3n) is 5.24. The molecule has 2 aliphatic rings. The average molecular weight is 414 g/mol. The number of halogens is 1. The minimum Gasteiger partial charge on any atom is -0.272 e. The van der Waals surface area contributed by atoms with Crippen LogP contribution in [0.3, 0.4) is 0 Å². The van der Waals surface area contributed by atoms with E-state index in [0.29, 0.717) is 44.6 Å². The fourth-order valence-corrected chi connectivity index (χ4v) is 5.31. The van der Waals surface area contributed by atoms with Gasteiger partial charge in [0.1, 0.15) is 5.82 Å². The lowest BCUT2D eigenvalue weighted by Gasteiger charge is -2.34. The Balaban J connectivity index is 1.42. The van der Waals surface area contributed by atoms with Crippen LogP contribution in [0, 0.1) is 5.82 Å². The summed E-state index contributed by atoms with van der Waals surface area (Å²) in [6, 6.07) is 5.73. The standard InChI is InChI=1S/C19H28FN3O4S/c20-17-7-5-16(6-8-17)15-19(24)21-27-18-9-13-23(14-10-18)28(25,26)22-11-3-1-2-4-12-22/h5-8,18H,1-4,9-15H2,(H,21,24). The molecule has 0 aromatic heterocycles. The minimum absolute atomic E-state index is 0.0997. The van der Waals surface area contributed by atoms with Crippen molar-refractivity contribution in [2.24, 2.45) is 0 Å². The summed E-state index contributed by atoms with van der Waals surface area (Å²) in [5.41, 5.74) is 3.12. The highest BCUT2D eigenvalue weighted by Gasteiger charge is 2.33. The van der Waals surface area contributed by atoms with Gasteiger partial charge in [-0.05, 0) is 43.4 Å². The Bertz CT molecular complexity index is 741. The number of hydrogen-bond donors (Lipinski definition) is 1. The van der Waals surface area contributed by atoms with Crippen molar-refractivity contribution in [3.8, 4) is 0 Å². The summed E-state index contributed by atoms with van der Waals surface area (Å²) in [5, 5.41) is 0. The van der Waals surface area contributed by atoms with Gasteiger partial charge in [-0.25, -0.2) is 9.87 Å². The van der Waals surface area contributed by atoms with Crippen LogP contribution in [0.4, 0.5) is 4.39 Å². The lowest BCUT2D eigenvalue weighted by Crippen LogP contribution is -2.49. The van der Waals surface area contributed by atoms with E-state index in [1.807, 2.05) is 0 Å². The van der Waals surface area contributed by atoms with Crippen LogP contribution in [-0.4, -0.2) is 55.2 Å². The summed E-state index contributed by atoms with van der Waals surface area (Å²) in [7, 11) is -3.41. The fraction of sp³-hybridized carbons (Fsp3) is 0.632. The molecule has 0 radical (unpaired) electrons. The van der Waals surface area contributed by atoms with Gasteiger partial charge >= 0.3 is 0 Å². The molecule has 0 atom stereocenters. The van der Waals surface area contributed by atoms with Crippen LogP contribution >= 0.6 is 0 Å². The molecular formula is C19H28FN3O4S. The smallest absolute Gasteiger partial charge is 0.272 e. The molecule has 28 heavy (non-hydrogen) atoms. The SMILES string of the molecule is O=C(Cc1ccc(F)cc1)NOC1CCN(S(=O)(=O)N2CCCCCC2)CC1. The van der Waals surface area contributed by atoms with Gasteiger partial charge in [0.25, 0.3) is 10.2 Å². The predicted molar refractivity (Wildman–Crippen MR) is 103 cm³/mol. The molecule has 1 aromatic rings. The van der Waals surface area contributed by atoms with Crippen molar-refractivity contribution in [2.45, 2.75) is 51.0 Å². The maximum atomic E-state index is 12.9. The topological polar surface area (TPSA) is 79.0 Å². The van der Waals surface area contributed by atoms with Crippen LogP contribution in [0.2, 0.25) is 0 Å². The third kappa shape index (κ3) is 5.73. The normalized spacial score (nSPS) is 20.6. The van der Waals surface area contributed by atoms with E-state index >= 15 is 0 Å². The third-order valence-corrected chi connectivity index (χ3v) is 7.27. The van der Waals surface area contributed by atoms with E-state index < -0.39 is 10.2 Å². The molecule has 0 unspecified atom stereocenters. The molecule has 1 aromatic carbocycles. The first-order valence-electron chi connectivity index (χ1n) is 9.89. The first kappa shape index (κ1) is 21.2. The van der Waals surface area contributed by atoms with E-state index in [-0.39, 0.29) is 24.2 Å². The quantitative estimate of drug-likeness (QED) is 0.724. The van der Waals surface area contributed by atoms with Crippen LogP contribution in [0.5, 0.6) is 0 Å². The monoisotopic (exact) mass is 413 g/mol. The van der Waals surface area contributed by atoms with Gasteiger partial charge in [0, 0.05) is 26.2 Å². The van der Waals surface area contributed by atoms with Gasteiger partial charge in [-0.15, -0.1) is 0 Å². The Morgan fingerprint density at radius 1 is 1.00 bits per heavy atom. The Hall–Kier alpha value is -1.55. The van der Waals surface area contributed by atoms with E-state index in [1.54, 1.807) is 16.4 Å². The molecule has 2 fully saturated rings. The second-order valence-electron chi connectivity index (χ2n) is 7.37. The molecule has 2 saturated heterocycles. The van der Waals surface area contributed by atoms with Crippen LogP contribution in [-0.2, 0) is 26.3 Å². The molecule has 1 N–H and O–H groups in total. The van der Waals surface area contributed by atoms with Crippen LogP contribution in [0.25, 0.3) is 0 Å². The summed E-state index contributed by atoms with van der Waals surface area (Å²) in [4.78, 5) is 17.4. The van der Waals surface area contributed by atoms with Gasteiger partial charge in [0.2, 0.25) is 5.91 Å². The Labute approximate surface area is 166 Å². The fourth-order valence-electron chi connectivity index (χ4n) is 3.59. The van der Waals surface area contributed by atoms with Crippen molar-refractivity contribution in [3.05, 3.63) is 35.6 Å². The number of rotatable bonds is 6. The number of amides is 1. The van der Waals surface area contributed by atoms with Crippen molar-refractivity contribution < 1.29 is 22.4 Å². The van der Waals surface area contributed by atoms with E-state index in [2.05, 4.69) is 5.48 Å². The summed E-state index contributed by atoms with van der Waals surface area (Å²) in [6.45, 7) is 1.96.